The summed E-state index contributed by atoms with van der Waals surface area (Å²) in [7, 11) is 0. The van der Waals surface area contributed by atoms with Crippen molar-refractivity contribution in [1.29, 1.82) is 0 Å². The van der Waals surface area contributed by atoms with Gasteiger partial charge in [-0.25, -0.2) is 0 Å². The first-order valence-corrected chi connectivity index (χ1v) is 8.70. The van der Waals surface area contributed by atoms with Crippen molar-refractivity contribution >= 4 is 28.9 Å². The van der Waals surface area contributed by atoms with Crippen LogP contribution in [0.3, 0.4) is 0 Å². The first-order chi connectivity index (χ1) is 5.11. The molecule has 11 heavy (non-hydrogen) atoms. The molecule has 0 nitrogen and oxygen atoms in total. The van der Waals surface area contributed by atoms with Gasteiger partial charge in [0, 0.05) is 0 Å². The lowest BCUT2D eigenvalue weighted by atomic mass is 10.2. The Bertz CT molecular complexity index is 158. The van der Waals surface area contributed by atoms with E-state index in [4.69, 9.17) is 22.2 Å². The summed E-state index contributed by atoms with van der Waals surface area (Å²) in [5, 5.41) is 1.35. The molecule has 0 amide bonds. The highest BCUT2D eigenvalue weighted by Crippen LogP contribution is 2.30. The second-order valence-corrected chi connectivity index (χ2v) is 10.8. The Morgan fingerprint density at radius 2 is 2.00 bits per heavy atom. The smallest absolute Gasteiger partial charge is 0.140 e. The zero-order valence-electron chi connectivity index (χ0n) is 6.87. The van der Waals surface area contributed by atoms with Crippen LogP contribution in [0.2, 0.25) is 6.55 Å². The van der Waals surface area contributed by atoms with Crippen molar-refractivity contribution in [2.45, 2.75) is 38.7 Å². The minimum atomic E-state index is -1.98. The van der Waals surface area contributed by atoms with Crippen LogP contribution in [0.25, 0.3) is 0 Å². The van der Waals surface area contributed by atoms with Gasteiger partial charge in [-0.1, -0.05) is 17.7 Å². The van der Waals surface area contributed by atoms with Crippen molar-refractivity contribution in [3.63, 3.8) is 0 Å². The molecule has 0 fully saturated rings. The lowest BCUT2D eigenvalue weighted by molar-refractivity contribution is 0.715. The number of hydrogen-bond donors (Lipinski definition) is 0. The second-order valence-electron chi connectivity index (χ2n) is 3.22. The highest BCUT2D eigenvalue weighted by Gasteiger charge is 2.26. The normalized spacial score (nSPS) is 20.8. The molecule has 0 aromatic heterocycles. The summed E-state index contributed by atoms with van der Waals surface area (Å²) in [4.78, 5) is 0. The van der Waals surface area contributed by atoms with Crippen molar-refractivity contribution in [2.24, 2.45) is 0 Å². The van der Waals surface area contributed by atoms with E-state index >= 15 is 0 Å². The van der Waals surface area contributed by atoms with E-state index in [1.54, 1.807) is 0 Å². The molecule has 0 aliphatic heterocycles. The maximum atomic E-state index is 6.12. The Morgan fingerprint density at radius 1 is 1.27 bits per heavy atom. The average Bonchev–Trinajstić information content (AvgIpc) is 2.10. The van der Waals surface area contributed by atoms with Gasteiger partial charge in [0.05, 0.1) is 0 Å². The van der Waals surface area contributed by atoms with Crippen molar-refractivity contribution < 1.29 is 0 Å². The van der Waals surface area contributed by atoms with Crippen molar-refractivity contribution in [3.05, 3.63) is 11.3 Å². The maximum Gasteiger partial charge on any atom is 0.273 e. The van der Waals surface area contributed by atoms with E-state index in [0.29, 0.717) is 0 Å². The molecule has 3 heteroatoms. The molecule has 1 rings (SSSR count). The van der Waals surface area contributed by atoms with Gasteiger partial charge in [-0.2, -0.15) is 0 Å². The monoisotopic (exact) mass is 208 g/mol. The van der Waals surface area contributed by atoms with Crippen LogP contribution in [0.5, 0.6) is 0 Å². The molecular formula is C8H14Cl2Si. The van der Waals surface area contributed by atoms with Crippen LogP contribution in [-0.2, 0) is 0 Å². The SMILES string of the molecule is C[Si](Cl)(Cl)C1=CCCCCC1. The topological polar surface area (TPSA) is 0 Å². The van der Waals surface area contributed by atoms with Crippen LogP contribution in [0.4, 0.5) is 0 Å². The molecule has 0 unspecified atom stereocenters. The minimum absolute atomic E-state index is 1.13. The molecule has 0 atom stereocenters. The van der Waals surface area contributed by atoms with Crippen LogP contribution in [-0.4, -0.2) is 6.69 Å². The summed E-state index contributed by atoms with van der Waals surface area (Å²) in [5.41, 5.74) is 0. The van der Waals surface area contributed by atoms with Crippen LogP contribution in [0, 0.1) is 0 Å². The highest BCUT2D eigenvalue weighted by molar-refractivity contribution is 7.48. The second kappa shape index (κ2) is 3.97. The number of halogens is 2. The van der Waals surface area contributed by atoms with Crippen molar-refractivity contribution in [2.75, 3.05) is 0 Å². The van der Waals surface area contributed by atoms with Crippen LogP contribution in [0.1, 0.15) is 32.1 Å². The van der Waals surface area contributed by atoms with Gasteiger partial charge in [0.1, 0.15) is 0 Å². The fraction of sp³-hybridized carbons (Fsp3) is 0.750. The van der Waals surface area contributed by atoms with Crippen LogP contribution < -0.4 is 0 Å². The average molecular weight is 209 g/mol. The molecule has 0 heterocycles. The van der Waals surface area contributed by atoms with Crippen LogP contribution in [0.15, 0.2) is 11.3 Å². The van der Waals surface area contributed by atoms with Crippen molar-refractivity contribution in [3.8, 4) is 0 Å². The lowest BCUT2D eigenvalue weighted by Crippen LogP contribution is -2.17. The molecular weight excluding hydrogens is 195 g/mol. The van der Waals surface area contributed by atoms with Crippen LogP contribution >= 0.6 is 22.2 Å². The summed E-state index contributed by atoms with van der Waals surface area (Å²) < 4.78 is 0. The van der Waals surface area contributed by atoms with E-state index in [9.17, 15) is 0 Å². The molecule has 0 saturated carbocycles. The van der Waals surface area contributed by atoms with Crippen molar-refractivity contribution in [1.82, 2.24) is 0 Å². The summed E-state index contributed by atoms with van der Waals surface area (Å²) in [6, 6.07) is 0. The lowest BCUT2D eigenvalue weighted by Gasteiger charge is -2.13. The molecule has 0 spiro atoms. The fourth-order valence-corrected chi connectivity index (χ4v) is 3.56. The fourth-order valence-electron chi connectivity index (χ4n) is 1.41. The molecule has 0 N–H and O–H groups in total. The van der Waals surface area contributed by atoms with Gasteiger partial charge in [-0.15, -0.1) is 22.2 Å². The van der Waals surface area contributed by atoms with Gasteiger partial charge >= 0.3 is 0 Å². The predicted molar refractivity (Wildman–Crippen MR) is 54.5 cm³/mol. The first-order valence-electron chi connectivity index (χ1n) is 4.18. The molecule has 64 valence electrons. The quantitative estimate of drug-likeness (QED) is 0.453. The van der Waals surface area contributed by atoms with E-state index in [1.807, 2.05) is 6.55 Å². The predicted octanol–water partition coefficient (Wildman–Crippen LogP) is 3.97. The number of hydrogen-bond acceptors (Lipinski definition) is 0. The highest BCUT2D eigenvalue weighted by atomic mass is 35.7. The molecule has 1 aliphatic carbocycles. The molecule has 0 bridgehead atoms. The summed E-state index contributed by atoms with van der Waals surface area (Å²) in [5.74, 6) is 0. The summed E-state index contributed by atoms with van der Waals surface area (Å²) >= 11 is 12.2. The summed E-state index contributed by atoms with van der Waals surface area (Å²) in [6.07, 6.45) is 8.49. The zero-order chi connectivity index (χ0) is 8.32. The molecule has 0 aromatic rings. The van der Waals surface area contributed by atoms with E-state index in [-0.39, 0.29) is 0 Å². The standard InChI is InChI=1S/C8H14Cl2Si/c1-11(9,10)8-6-4-2-3-5-7-8/h6H,2-5,7H2,1H3. The maximum absolute atomic E-state index is 6.12. The third-order valence-electron chi connectivity index (χ3n) is 2.10. The third kappa shape index (κ3) is 3.18. The molecule has 0 aromatic carbocycles. The third-order valence-corrected chi connectivity index (χ3v) is 5.14. The Labute approximate surface area is 79.0 Å². The summed E-state index contributed by atoms with van der Waals surface area (Å²) in [6.45, 7) is 0.0103. The van der Waals surface area contributed by atoms with E-state index in [2.05, 4.69) is 6.08 Å². The Morgan fingerprint density at radius 3 is 2.64 bits per heavy atom. The van der Waals surface area contributed by atoms with E-state index in [1.165, 1.54) is 30.9 Å². The minimum Gasteiger partial charge on any atom is -0.140 e. The van der Waals surface area contributed by atoms with E-state index < -0.39 is 6.69 Å². The Kier molecular flexibility index (Phi) is 3.47. The van der Waals surface area contributed by atoms with Gasteiger partial charge in [-0.05, 0) is 32.2 Å². The molecule has 0 radical (unpaired) electrons. The van der Waals surface area contributed by atoms with Gasteiger partial charge in [0.15, 0.2) is 0 Å². The van der Waals surface area contributed by atoms with Gasteiger partial charge in [-0.3, -0.25) is 0 Å². The van der Waals surface area contributed by atoms with Gasteiger partial charge < -0.3 is 0 Å². The first kappa shape index (κ1) is 9.62. The Hall–Kier alpha value is 0.537. The molecule has 1 aliphatic rings. The zero-order valence-corrected chi connectivity index (χ0v) is 9.38. The van der Waals surface area contributed by atoms with Gasteiger partial charge in [0.25, 0.3) is 6.69 Å². The Balaban J connectivity index is 2.61. The number of rotatable bonds is 1. The van der Waals surface area contributed by atoms with Gasteiger partial charge in [0.2, 0.25) is 0 Å². The molecule has 0 saturated heterocycles. The van der Waals surface area contributed by atoms with E-state index in [0.717, 1.165) is 6.42 Å². The largest absolute Gasteiger partial charge is 0.273 e. The number of allylic oxidation sites excluding steroid dienone is 2.